The van der Waals surface area contributed by atoms with Crippen LogP contribution in [-0.4, -0.2) is 55.0 Å². The quantitative estimate of drug-likeness (QED) is 0.585. The molecular formula is C12H12ClFN2O5. The predicted molar refractivity (Wildman–Crippen MR) is 69.1 cm³/mol. The third-order valence-electron chi connectivity index (χ3n) is 2.42. The first-order chi connectivity index (χ1) is 9.88. The van der Waals surface area contributed by atoms with Gasteiger partial charge in [-0.1, -0.05) is 11.6 Å². The van der Waals surface area contributed by atoms with Crippen molar-refractivity contribution in [1.29, 1.82) is 0 Å². The number of pyridine rings is 1. The summed E-state index contributed by atoms with van der Waals surface area (Å²) in [6.45, 7) is -1.03. The van der Waals surface area contributed by atoms with Gasteiger partial charge >= 0.3 is 11.9 Å². The summed E-state index contributed by atoms with van der Waals surface area (Å²) in [6.07, 6.45) is 0.837. The molecule has 0 atom stereocenters. The standard InChI is InChI=1S/C12H12ClFN2O5/c1-20-9(17)5-16(6-10(18)21-2)12(19)8-3-7(14)4-15-11(8)13/h3-4H,5-6H2,1-2H3. The van der Waals surface area contributed by atoms with Crippen molar-refractivity contribution in [3.8, 4) is 0 Å². The number of hydrogen-bond donors (Lipinski definition) is 0. The number of methoxy groups -OCH3 is 2. The van der Waals surface area contributed by atoms with E-state index in [1.165, 1.54) is 0 Å². The second-order valence-corrected chi connectivity index (χ2v) is 4.16. The van der Waals surface area contributed by atoms with Crippen molar-refractivity contribution >= 4 is 29.4 Å². The Morgan fingerprint density at radius 1 is 1.24 bits per heavy atom. The summed E-state index contributed by atoms with van der Waals surface area (Å²) in [5.74, 6) is -3.14. The Hall–Kier alpha value is -2.22. The predicted octanol–water partition coefficient (Wildman–Crippen LogP) is 0.662. The van der Waals surface area contributed by atoms with Crippen LogP contribution in [0.4, 0.5) is 4.39 Å². The van der Waals surface area contributed by atoms with Gasteiger partial charge in [-0.25, -0.2) is 9.37 Å². The highest BCUT2D eigenvalue weighted by Crippen LogP contribution is 2.16. The molecule has 7 nitrogen and oxygen atoms in total. The van der Waals surface area contributed by atoms with Gasteiger partial charge in [0.1, 0.15) is 24.1 Å². The van der Waals surface area contributed by atoms with Gasteiger partial charge in [-0.2, -0.15) is 0 Å². The topological polar surface area (TPSA) is 85.8 Å². The lowest BCUT2D eigenvalue weighted by molar-refractivity contribution is -0.144. The number of amides is 1. The SMILES string of the molecule is COC(=O)CN(CC(=O)OC)C(=O)c1cc(F)cnc1Cl. The molecule has 0 aromatic carbocycles. The molecule has 0 aliphatic carbocycles. The van der Waals surface area contributed by atoms with Crippen molar-refractivity contribution in [2.45, 2.75) is 0 Å². The normalized spacial score (nSPS) is 9.90. The van der Waals surface area contributed by atoms with Gasteiger partial charge in [0.2, 0.25) is 0 Å². The number of carbonyl (C=O) groups is 3. The molecule has 1 amide bonds. The molecular weight excluding hydrogens is 307 g/mol. The van der Waals surface area contributed by atoms with E-state index in [1.54, 1.807) is 0 Å². The minimum atomic E-state index is -0.845. The fraction of sp³-hybridized carbons (Fsp3) is 0.333. The molecule has 1 rings (SSSR count). The van der Waals surface area contributed by atoms with Gasteiger partial charge in [-0.15, -0.1) is 0 Å². The molecule has 21 heavy (non-hydrogen) atoms. The minimum Gasteiger partial charge on any atom is -0.468 e. The van der Waals surface area contributed by atoms with Gasteiger partial charge in [-0.3, -0.25) is 14.4 Å². The van der Waals surface area contributed by atoms with Crippen LogP contribution in [0.3, 0.4) is 0 Å². The minimum absolute atomic E-state index is 0.249. The molecule has 0 bridgehead atoms. The second kappa shape index (κ2) is 7.53. The lowest BCUT2D eigenvalue weighted by Crippen LogP contribution is -2.40. The van der Waals surface area contributed by atoms with Crippen LogP contribution in [-0.2, 0) is 19.1 Å². The Bertz CT molecular complexity index is 549. The Balaban J connectivity index is 3.05. The van der Waals surface area contributed by atoms with Crippen LogP contribution < -0.4 is 0 Å². The molecule has 9 heteroatoms. The van der Waals surface area contributed by atoms with E-state index < -0.39 is 36.8 Å². The maximum atomic E-state index is 13.2. The lowest BCUT2D eigenvalue weighted by atomic mass is 10.2. The first kappa shape index (κ1) is 16.8. The summed E-state index contributed by atoms with van der Waals surface area (Å²) in [7, 11) is 2.25. The van der Waals surface area contributed by atoms with Crippen molar-refractivity contribution in [1.82, 2.24) is 9.88 Å². The van der Waals surface area contributed by atoms with Crippen molar-refractivity contribution in [2.24, 2.45) is 0 Å². The summed E-state index contributed by atoms with van der Waals surface area (Å²) < 4.78 is 22.0. The molecule has 0 unspecified atom stereocenters. The third-order valence-corrected chi connectivity index (χ3v) is 2.72. The molecule has 1 aromatic rings. The van der Waals surface area contributed by atoms with Crippen LogP contribution >= 0.6 is 11.6 Å². The Labute approximate surface area is 124 Å². The van der Waals surface area contributed by atoms with Gasteiger partial charge in [0.25, 0.3) is 5.91 Å². The van der Waals surface area contributed by atoms with Crippen LogP contribution in [0.25, 0.3) is 0 Å². The molecule has 0 spiro atoms. The molecule has 0 N–H and O–H groups in total. The van der Waals surface area contributed by atoms with Gasteiger partial charge in [0.05, 0.1) is 26.0 Å². The number of rotatable bonds is 5. The molecule has 1 aromatic heterocycles. The number of ether oxygens (including phenoxy) is 2. The zero-order valence-electron chi connectivity index (χ0n) is 11.3. The van der Waals surface area contributed by atoms with Crippen molar-refractivity contribution in [2.75, 3.05) is 27.3 Å². The van der Waals surface area contributed by atoms with Gasteiger partial charge in [0, 0.05) is 0 Å². The first-order valence-corrected chi connectivity index (χ1v) is 6.00. The third kappa shape index (κ3) is 4.67. The van der Waals surface area contributed by atoms with Gasteiger partial charge < -0.3 is 14.4 Å². The highest BCUT2D eigenvalue weighted by molar-refractivity contribution is 6.32. The van der Waals surface area contributed by atoms with Crippen LogP contribution in [0.15, 0.2) is 12.3 Å². The van der Waals surface area contributed by atoms with E-state index >= 15 is 0 Å². The molecule has 0 saturated carbocycles. The number of esters is 2. The number of nitrogens with zero attached hydrogens (tertiary/aromatic N) is 2. The fourth-order valence-electron chi connectivity index (χ4n) is 1.38. The summed E-state index contributed by atoms with van der Waals surface area (Å²) in [5.41, 5.74) is -0.274. The highest BCUT2D eigenvalue weighted by atomic mass is 35.5. The summed E-state index contributed by atoms with van der Waals surface area (Å²) >= 11 is 5.72. The molecule has 0 aliphatic heterocycles. The maximum absolute atomic E-state index is 13.2. The molecule has 0 fully saturated rings. The molecule has 114 valence electrons. The summed E-state index contributed by atoms with van der Waals surface area (Å²) in [5, 5.41) is -0.249. The summed E-state index contributed by atoms with van der Waals surface area (Å²) in [6, 6.07) is 0.860. The summed E-state index contributed by atoms with van der Waals surface area (Å²) in [4.78, 5) is 39.1. The highest BCUT2D eigenvalue weighted by Gasteiger charge is 2.25. The van der Waals surface area contributed by atoms with Crippen molar-refractivity contribution in [3.63, 3.8) is 0 Å². The van der Waals surface area contributed by atoms with Crippen LogP contribution in [0.1, 0.15) is 10.4 Å². The fourth-order valence-corrected chi connectivity index (χ4v) is 1.57. The van der Waals surface area contributed by atoms with Gasteiger partial charge in [0.15, 0.2) is 0 Å². The monoisotopic (exact) mass is 318 g/mol. The van der Waals surface area contributed by atoms with Crippen LogP contribution in [0, 0.1) is 5.82 Å². The Kier molecular flexibility index (Phi) is 6.04. The molecule has 0 aliphatic rings. The molecule has 1 heterocycles. The van der Waals surface area contributed by atoms with Crippen LogP contribution in [0.2, 0.25) is 5.15 Å². The number of hydrogen-bond acceptors (Lipinski definition) is 6. The zero-order chi connectivity index (χ0) is 16.0. The average Bonchev–Trinajstić information content (AvgIpc) is 2.47. The lowest BCUT2D eigenvalue weighted by Gasteiger charge is -2.20. The van der Waals surface area contributed by atoms with E-state index in [0.29, 0.717) is 0 Å². The van der Waals surface area contributed by atoms with Crippen molar-refractivity contribution in [3.05, 3.63) is 28.8 Å². The maximum Gasteiger partial charge on any atom is 0.325 e. The second-order valence-electron chi connectivity index (χ2n) is 3.81. The largest absolute Gasteiger partial charge is 0.468 e. The Morgan fingerprint density at radius 2 is 1.76 bits per heavy atom. The smallest absolute Gasteiger partial charge is 0.325 e. The Morgan fingerprint density at radius 3 is 2.24 bits per heavy atom. The first-order valence-electron chi connectivity index (χ1n) is 5.63. The van der Waals surface area contributed by atoms with Crippen LogP contribution in [0.5, 0.6) is 0 Å². The molecule has 0 saturated heterocycles. The van der Waals surface area contributed by atoms with E-state index in [1.807, 2.05) is 0 Å². The van der Waals surface area contributed by atoms with E-state index in [0.717, 1.165) is 31.4 Å². The number of aromatic nitrogens is 1. The van der Waals surface area contributed by atoms with E-state index in [4.69, 9.17) is 11.6 Å². The van der Waals surface area contributed by atoms with Gasteiger partial charge in [-0.05, 0) is 6.07 Å². The number of halogens is 2. The van der Waals surface area contributed by atoms with E-state index in [2.05, 4.69) is 14.5 Å². The molecule has 0 radical (unpaired) electrons. The van der Waals surface area contributed by atoms with E-state index in [-0.39, 0.29) is 10.7 Å². The number of carbonyl (C=O) groups excluding carboxylic acids is 3. The van der Waals surface area contributed by atoms with E-state index in [9.17, 15) is 18.8 Å². The average molecular weight is 319 g/mol. The van der Waals surface area contributed by atoms with Crippen molar-refractivity contribution < 1.29 is 28.2 Å². The zero-order valence-corrected chi connectivity index (χ0v) is 12.0.